The SMILES string of the molecule is O=C(c1ccccc1-n1cccn1)N1CCc2nc(C3CCOCC3)nn2CC1. The van der Waals surface area contributed by atoms with Crippen LogP contribution in [0.2, 0.25) is 0 Å². The maximum Gasteiger partial charge on any atom is 0.256 e. The lowest BCUT2D eigenvalue weighted by Crippen LogP contribution is -2.34. The third-order valence-electron chi connectivity index (χ3n) is 5.71. The van der Waals surface area contributed by atoms with Crippen molar-refractivity contribution in [3.63, 3.8) is 0 Å². The van der Waals surface area contributed by atoms with Crippen LogP contribution in [0.4, 0.5) is 0 Å². The van der Waals surface area contributed by atoms with E-state index < -0.39 is 0 Å². The topological polar surface area (TPSA) is 78.1 Å². The zero-order valence-corrected chi connectivity index (χ0v) is 16.3. The number of nitrogens with zero attached hydrogens (tertiary/aromatic N) is 6. The van der Waals surface area contributed by atoms with Crippen LogP contribution >= 0.6 is 0 Å². The van der Waals surface area contributed by atoms with E-state index in [2.05, 4.69) is 5.10 Å². The zero-order valence-electron chi connectivity index (χ0n) is 16.3. The molecule has 1 amide bonds. The summed E-state index contributed by atoms with van der Waals surface area (Å²) in [6, 6.07) is 9.46. The van der Waals surface area contributed by atoms with E-state index in [0.29, 0.717) is 37.5 Å². The molecule has 8 nitrogen and oxygen atoms in total. The Bertz CT molecular complexity index is 965. The van der Waals surface area contributed by atoms with E-state index in [-0.39, 0.29) is 5.91 Å². The van der Waals surface area contributed by atoms with Crippen molar-refractivity contribution in [1.82, 2.24) is 29.4 Å². The van der Waals surface area contributed by atoms with Gasteiger partial charge < -0.3 is 9.64 Å². The van der Waals surface area contributed by atoms with Gasteiger partial charge in [0.1, 0.15) is 5.82 Å². The molecule has 150 valence electrons. The average Bonchev–Trinajstić information content (AvgIpc) is 3.41. The van der Waals surface area contributed by atoms with Gasteiger partial charge in [0.05, 0.1) is 17.8 Å². The number of carbonyl (C=O) groups is 1. The van der Waals surface area contributed by atoms with Gasteiger partial charge in [0.2, 0.25) is 0 Å². The van der Waals surface area contributed by atoms with Crippen LogP contribution in [0, 0.1) is 0 Å². The number of hydrogen-bond donors (Lipinski definition) is 0. The summed E-state index contributed by atoms with van der Waals surface area (Å²) in [5.74, 6) is 2.32. The number of ether oxygens (including phenoxy) is 1. The van der Waals surface area contributed by atoms with Gasteiger partial charge in [-0.1, -0.05) is 12.1 Å². The quantitative estimate of drug-likeness (QED) is 0.682. The van der Waals surface area contributed by atoms with Crippen molar-refractivity contribution >= 4 is 5.91 Å². The number of hydrogen-bond acceptors (Lipinski definition) is 5. The molecule has 5 rings (SSSR count). The fourth-order valence-electron chi connectivity index (χ4n) is 4.09. The second kappa shape index (κ2) is 7.79. The van der Waals surface area contributed by atoms with E-state index in [1.54, 1.807) is 10.9 Å². The molecule has 2 aliphatic heterocycles. The van der Waals surface area contributed by atoms with Crippen LogP contribution in [0.15, 0.2) is 42.7 Å². The van der Waals surface area contributed by atoms with Crippen LogP contribution in [0.3, 0.4) is 0 Å². The molecule has 4 heterocycles. The number of carbonyl (C=O) groups excluding carboxylic acids is 1. The Morgan fingerprint density at radius 3 is 2.76 bits per heavy atom. The molecule has 0 N–H and O–H groups in total. The first kappa shape index (κ1) is 18.1. The highest BCUT2D eigenvalue weighted by Crippen LogP contribution is 2.25. The highest BCUT2D eigenvalue weighted by Gasteiger charge is 2.26. The molecule has 1 fully saturated rings. The highest BCUT2D eigenvalue weighted by atomic mass is 16.5. The number of benzene rings is 1. The summed E-state index contributed by atoms with van der Waals surface area (Å²) in [6.07, 6.45) is 6.25. The third-order valence-corrected chi connectivity index (χ3v) is 5.71. The van der Waals surface area contributed by atoms with Gasteiger partial charge >= 0.3 is 0 Å². The molecule has 0 unspecified atom stereocenters. The fraction of sp³-hybridized carbons (Fsp3) is 0.429. The smallest absolute Gasteiger partial charge is 0.256 e. The Balaban J connectivity index is 1.33. The van der Waals surface area contributed by atoms with Crippen LogP contribution in [-0.2, 0) is 17.7 Å². The van der Waals surface area contributed by atoms with Crippen molar-refractivity contribution in [2.75, 3.05) is 26.3 Å². The fourth-order valence-corrected chi connectivity index (χ4v) is 4.09. The zero-order chi connectivity index (χ0) is 19.6. The number of para-hydroxylation sites is 1. The predicted octanol–water partition coefficient (Wildman–Crippen LogP) is 2.06. The van der Waals surface area contributed by atoms with Gasteiger partial charge in [0.25, 0.3) is 5.91 Å². The molecule has 1 saturated heterocycles. The lowest BCUT2D eigenvalue weighted by atomic mass is 10.00. The molecule has 0 spiro atoms. The minimum Gasteiger partial charge on any atom is -0.381 e. The van der Waals surface area contributed by atoms with E-state index in [1.165, 1.54) is 0 Å². The molecule has 3 aromatic rings. The Hall–Kier alpha value is -3.00. The van der Waals surface area contributed by atoms with E-state index >= 15 is 0 Å². The number of aromatic nitrogens is 5. The lowest BCUT2D eigenvalue weighted by molar-refractivity contribution is 0.0756. The molecular weight excluding hydrogens is 368 g/mol. The Kier molecular flexibility index (Phi) is 4.85. The molecule has 2 aliphatic rings. The molecule has 29 heavy (non-hydrogen) atoms. The molecule has 8 heteroatoms. The van der Waals surface area contributed by atoms with Crippen LogP contribution < -0.4 is 0 Å². The molecule has 0 atom stereocenters. The number of amides is 1. The second-order valence-electron chi connectivity index (χ2n) is 7.51. The molecule has 0 saturated carbocycles. The standard InChI is InChI=1S/C21H24N6O2/c28-21(17-4-1-2-5-18(17)26-10-3-9-22-26)25-11-6-19-23-20(24-27(19)13-12-25)16-7-14-29-15-8-16/h1-5,9-10,16H,6-8,11-15H2. The summed E-state index contributed by atoms with van der Waals surface area (Å²) in [7, 11) is 0. The van der Waals surface area contributed by atoms with E-state index in [4.69, 9.17) is 14.8 Å². The Morgan fingerprint density at radius 2 is 1.93 bits per heavy atom. The van der Waals surface area contributed by atoms with Crippen molar-refractivity contribution in [2.45, 2.75) is 31.7 Å². The van der Waals surface area contributed by atoms with Gasteiger partial charge in [-0.15, -0.1) is 0 Å². The maximum absolute atomic E-state index is 13.3. The van der Waals surface area contributed by atoms with Gasteiger partial charge in [-0.25, -0.2) is 14.3 Å². The molecular formula is C21H24N6O2. The molecule has 0 bridgehead atoms. The number of fused-ring (bicyclic) bond motifs is 1. The van der Waals surface area contributed by atoms with Crippen LogP contribution in [0.5, 0.6) is 0 Å². The lowest BCUT2D eigenvalue weighted by Gasteiger charge is -2.22. The summed E-state index contributed by atoms with van der Waals surface area (Å²) in [5, 5.41) is 9.04. The largest absolute Gasteiger partial charge is 0.381 e. The van der Waals surface area contributed by atoms with Crippen molar-refractivity contribution in [1.29, 1.82) is 0 Å². The highest BCUT2D eigenvalue weighted by molar-refractivity contribution is 5.97. The first-order chi connectivity index (χ1) is 14.3. The summed E-state index contributed by atoms with van der Waals surface area (Å²) >= 11 is 0. The second-order valence-corrected chi connectivity index (χ2v) is 7.51. The first-order valence-corrected chi connectivity index (χ1v) is 10.2. The van der Waals surface area contributed by atoms with E-state index in [0.717, 1.165) is 43.4 Å². The van der Waals surface area contributed by atoms with E-state index in [9.17, 15) is 4.79 Å². The van der Waals surface area contributed by atoms with Crippen molar-refractivity contribution in [3.05, 3.63) is 59.9 Å². The summed E-state index contributed by atoms with van der Waals surface area (Å²) in [5.41, 5.74) is 1.45. The summed E-state index contributed by atoms with van der Waals surface area (Å²) in [4.78, 5) is 20.0. The Morgan fingerprint density at radius 1 is 1.07 bits per heavy atom. The van der Waals surface area contributed by atoms with Gasteiger partial charge in [0, 0.05) is 51.0 Å². The van der Waals surface area contributed by atoms with Crippen molar-refractivity contribution < 1.29 is 9.53 Å². The average molecular weight is 392 g/mol. The van der Waals surface area contributed by atoms with E-state index in [1.807, 2.05) is 46.1 Å². The monoisotopic (exact) mass is 392 g/mol. The van der Waals surface area contributed by atoms with Crippen LogP contribution in [0.25, 0.3) is 5.69 Å². The molecule has 2 aromatic heterocycles. The van der Waals surface area contributed by atoms with Gasteiger partial charge in [-0.2, -0.15) is 10.2 Å². The van der Waals surface area contributed by atoms with Gasteiger partial charge in [-0.3, -0.25) is 4.79 Å². The van der Waals surface area contributed by atoms with Gasteiger partial charge in [-0.05, 0) is 31.0 Å². The summed E-state index contributed by atoms with van der Waals surface area (Å²) in [6.45, 7) is 3.49. The van der Waals surface area contributed by atoms with Crippen LogP contribution in [-0.4, -0.2) is 61.7 Å². The van der Waals surface area contributed by atoms with Crippen molar-refractivity contribution in [2.24, 2.45) is 0 Å². The third kappa shape index (κ3) is 3.55. The first-order valence-electron chi connectivity index (χ1n) is 10.2. The predicted molar refractivity (Wildman–Crippen MR) is 106 cm³/mol. The van der Waals surface area contributed by atoms with Crippen LogP contribution in [0.1, 0.15) is 40.8 Å². The molecule has 0 aliphatic carbocycles. The normalized spacial score (nSPS) is 17.7. The summed E-state index contributed by atoms with van der Waals surface area (Å²) < 4.78 is 9.17. The maximum atomic E-state index is 13.3. The molecule has 1 aromatic carbocycles. The van der Waals surface area contributed by atoms with Crippen molar-refractivity contribution in [3.8, 4) is 5.69 Å². The number of rotatable bonds is 3. The van der Waals surface area contributed by atoms with Gasteiger partial charge in [0.15, 0.2) is 5.82 Å². The minimum atomic E-state index is 0.0199. The molecule has 0 radical (unpaired) electrons. The Labute approximate surface area is 169 Å². The minimum absolute atomic E-state index is 0.0199.